The minimum atomic E-state index is -0.00552. The molecule has 1 aromatic heterocycles. The van der Waals surface area contributed by atoms with Crippen molar-refractivity contribution < 1.29 is 9.52 Å². The molecule has 98 valence electrons. The number of anilines is 2. The number of benzene rings is 1. The Morgan fingerprint density at radius 1 is 1.44 bits per heavy atom. The van der Waals surface area contributed by atoms with Gasteiger partial charge in [0, 0.05) is 18.8 Å². The first-order valence-electron chi connectivity index (χ1n) is 6.01. The zero-order valence-corrected chi connectivity index (χ0v) is 10.7. The SMILES string of the molecule is CC(C)(CCO)CNc1nc2cc(N)ccc2o1. The number of aliphatic hydroxyl groups is 1. The van der Waals surface area contributed by atoms with Gasteiger partial charge < -0.3 is 20.6 Å². The highest BCUT2D eigenvalue weighted by atomic mass is 16.4. The molecular weight excluding hydrogens is 230 g/mol. The third-order valence-corrected chi connectivity index (χ3v) is 2.92. The van der Waals surface area contributed by atoms with Crippen LogP contribution in [0.3, 0.4) is 0 Å². The van der Waals surface area contributed by atoms with Crippen LogP contribution in [0.1, 0.15) is 20.3 Å². The fourth-order valence-corrected chi connectivity index (χ4v) is 1.73. The van der Waals surface area contributed by atoms with E-state index in [1.807, 2.05) is 6.07 Å². The lowest BCUT2D eigenvalue weighted by Gasteiger charge is -2.23. The Morgan fingerprint density at radius 3 is 2.94 bits per heavy atom. The minimum Gasteiger partial charge on any atom is -0.424 e. The van der Waals surface area contributed by atoms with Crippen molar-refractivity contribution in [2.45, 2.75) is 20.3 Å². The maximum absolute atomic E-state index is 8.96. The van der Waals surface area contributed by atoms with Gasteiger partial charge in [0.25, 0.3) is 6.01 Å². The Bertz CT molecular complexity index is 534. The van der Waals surface area contributed by atoms with Crippen LogP contribution < -0.4 is 11.1 Å². The van der Waals surface area contributed by atoms with Crippen LogP contribution in [0.15, 0.2) is 22.6 Å². The lowest BCUT2D eigenvalue weighted by atomic mass is 9.90. The molecule has 0 aliphatic rings. The van der Waals surface area contributed by atoms with Crippen LogP contribution in [-0.4, -0.2) is 23.2 Å². The summed E-state index contributed by atoms with van der Waals surface area (Å²) >= 11 is 0. The summed E-state index contributed by atoms with van der Waals surface area (Å²) in [6.45, 7) is 5.03. The van der Waals surface area contributed by atoms with E-state index in [-0.39, 0.29) is 12.0 Å². The van der Waals surface area contributed by atoms with Crippen LogP contribution in [0.2, 0.25) is 0 Å². The van der Waals surface area contributed by atoms with Crippen molar-refractivity contribution in [3.05, 3.63) is 18.2 Å². The number of hydrogen-bond acceptors (Lipinski definition) is 5. The van der Waals surface area contributed by atoms with Crippen LogP contribution in [0.5, 0.6) is 0 Å². The van der Waals surface area contributed by atoms with E-state index in [0.29, 0.717) is 23.8 Å². The predicted octanol–water partition coefficient (Wildman–Crippen LogP) is 2.23. The van der Waals surface area contributed by atoms with Crippen LogP contribution >= 0.6 is 0 Å². The molecule has 0 aliphatic carbocycles. The predicted molar refractivity (Wildman–Crippen MR) is 72.4 cm³/mol. The molecule has 0 radical (unpaired) electrons. The van der Waals surface area contributed by atoms with E-state index in [1.54, 1.807) is 12.1 Å². The monoisotopic (exact) mass is 249 g/mol. The van der Waals surface area contributed by atoms with Crippen molar-refractivity contribution in [3.8, 4) is 0 Å². The van der Waals surface area contributed by atoms with E-state index in [0.717, 1.165) is 11.9 Å². The quantitative estimate of drug-likeness (QED) is 0.708. The Hall–Kier alpha value is -1.75. The summed E-state index contributed by atoms with van der Waals surface area (Å²) in [5.74, 6) is 0. The Labute approximate surface area is 106 Å². The van der Waals surface area contributed by atoms with Crippen molar-refractivity contribution in [2.75, 3.05) is 24.2 Å². The fourth-order valence-electron chi connectivity index (χ4n) is 1.73. The molecule has 0 spiro atoms. The molecule has 0 saturated carbocycles. The van der Waals surface area contributed by atoms with Gasteiger partial charge in [-0.1, -0.05) is 13.8 Å². The summed E-state index contributed by atoms with van der Waals surface area (Å²) in [7, 11) is 0. The van der Waals surface area contributed by atoms with Gasteiger partial charge in [0.05, 0.1) is 0 Å². The number of hydrogen-bond donors (Lipinski definition) is 3. The fraction of sp³-hybridized carbons (Fsp3) is 0.462. The summed E-state index contributed by atoms with van der Waals surface area (Å²) in [6.07, 6.45) is 0.729. The minimum absolute atomic E-state index is 0.00552. The van der Waals surface area contributed by atoms with E-state index in [1.165, 1.54) is 0 Å². The van der Waals surface area contributed by atoms with Crippen LogP contribution in [0.4, 0.5) is 11.7 Å². The second-order valence-electron chi connectivity index (χ2n) is 5.24. The van der Waals surface area contributed by atoms with Gasteiger partial charge in [-0.3, -0.25) is 0 Å². The number of oxazole rings is 1. The van der Waals surface area contributed by atoms with Gasteiger partial charge in [0.2, 0.25) is 0 Å². The molecule has 4 N–H and O–H groups in total. The maximum Gasteiger partial charge on any atom is 0.295 e. The third-order valence-electron chi connectivity index (χ3n) is 2.92. The molecule has 0 atom stereocenters. The molecule has 5 nitrogen and oxygen atoms in total. The van der Waals surface area contributed by atoms with E-state index in [9.17, 15) is 0 Å². The number of nitrogens with one attached hydrogen (secondary N) is 1. The highest BCUT2D eigenvalue weighted by Crippen LogP contribution is 2.24. The van der Waals surface area contributed by atoms with Crippen molar-refractivity contribution >= 4 is 22.8 Å². The summed E-state index contributed by atoms with van der Waals surface area (Å²) in [5, 5.41) is 12.1. The molecule has 0 unspecified atom stereocenters. The number of aromatic nitrogens is 1. The first-order valence-corrected chi connectivity index (χ1v) is 6.01. The summed E-state index contributed by atoms with van der Waals surface area (Å²) < 4.78 is 5.56. The molecule has 1 aromatic carbocycles. The first kappa shape index (κ1) is 12.7. The van der Waals surface area contributed by atoms with Gasteiger partial charge in [-0.15, -0.1) is 0 Å². The van der Waals surface area contributed by atoms with Crippen molar-refractivity contribution in [2.24, 2.45) is 5.41 Å². The summed E-state index contributed by atoms with van der Waals surface area (Å²) in [4.78, 5) is 4.32. The normalized spacial score (nSPS) is 11.9. The highest BCUT2D eigenvalue weighted by molar-refractivity contribution is 5.78. The summed E-state index contributed by atoms with van der Waals surface area (Å²) in [5.41, 5.74) is 7.81. The summed E-state index contributed by atoms with van der Waals surface area (Å²) in [6, 6.07) is 5.86. The Morgan fingerprint density at radius 2 is 2.22 bits per heavy atom. The van der Waals surface area contributed by atoms with E-state index in [4.69, 9.17) is 15.3 Å². The smallest absolute Gasteiger partial charge is 0.295 e. The molecule has 0 aliphatic heterocycles. The highest BCUT2D eigenvalue weighted by Gasteiger charge is 2.18. The number of nitrogens with zero attached hydrogens (tertiary/aromatic N) is 1. The van der Waals surface area contributed by atoms with E-state index >= 15 is 0 Å². The second-order valence-corrected chi connectivity index (χ2v) is 5.24. The van der Waals surface area contributed by atoms with Gasteiger partial charge in [0.1, 0.15) is 5.52 Å². The molecule has 18 heavy (non-hydrogen) atoms. The molecule has 5 heteroatoms. The zero-order valence-electron chi connectivity index (χ0n) is 10.7. The first-order chi connectivity index (χ1) is 8.50. The third kappa shape index (κ3) is 2.92. The number of rotatable bonds is 5. The van der Waals surface area contributed by atoms with Gasteiger partial charge >= 0.3 is 0 Å². The van der Waals surface area contributed by atoms with Crippen molar-refractivity contribution in [1.82, 2.24) is 4.98 Å². The largest absolute Gasteiger partial charge is 0.424 e. The standard InChI is InChI=1S/C13H19N3O2/c1-13(2,5-6-17)8-15-12-16-10-7-9(14)3-4-11(10)18-12/h3-4,7,17H,5-6,8,14H2,1-2H3,(H,15,16). The van der Waals surface area contributed by atoms with Gasteiger partial charge in [0.15, 0.2) is 5.58 Å². The van der Waals surface area contributed by atoms with Crippen LogP contribution in [0.25, 0.3) is 11.1 Å². The lowest BCUT2D eigenvalue weighted by molar-refractivity contribution is 0.219. The topological polar surface area (TPSA) is 84.3 Å². The van der Waals surface area contributed by atoms with Gasteiger partial charge in [-0.2, -0.15) is 4.98 Å². The maximum atomic E-state index is 8.96. The average molecular weight is 249 g/mol. The van der Waals surface area contributed by atoms with E-state index in [2.05, 4.69) is 24.1 Å². The van der Waals surface area contributed by atoms with Crippen molar-refractivity contribution in [1.29, 1.82) is 0 Å². The van der Waals surface area contributed by atoms with Crippen LogP contribution in [0, 0.1) is 5.41 Å². The van der Waals surface area contributed by atoms with Gasteiger partial charge in [-0.25, -0.2) is 0 Å². The number of aliphatic hydroxyl groups excluding tert-OH is 1. The lowest BCUT2D eigenvalue weighted by Crippen LogP contribution is -2.24. The second kappa shape index (κ2) is 4.86. The molecule has 2 aromatic rings. The number of nitrogen functional groups attached to an aromatic ring is 1. The molecule has 0 bridgehead atoms. The average Bonchev–Trinajstić information content (AvgIpc) is 2.68. The number of nitrogens with two attached hydrogens (primary N) is 1. The zero-order chi connectivity index (χ0) is 13.2. The Balaban J connectivity index is 2.08. The molecule has 2 rings (SSSR count). The number of fused-ring (bicyclic) bond motifs is 1. The molecule has 0 saturated heterocycles. The molecule has 1 heterocycles. The molecular formula is C13H19N3O2. The van der Waals surface area contributed by atoms with Crippen LogP contribution in [-0.2, 0) is 0 Å². The van der Waals surface area contributed by atoms with Crippen molar-refractivity contribution in [3.63, 3.8) is 0 Å². The van der Waals surface area contributed by atoms with Gasteiger partial charge in [-0.05, 0) is 30.0 Å². The van der Waals surface area contributed by atoms with E-state index < -0.39 is 0 Å². The molecule has 0 amide bonds. The Kier molecular flexibility index (Phi) is 3.43. The molecule has 0 fully saturated rings.